The van der Waals surface area contributed by atoms with Gasteiger partial charge in [-0.2, -0.15) is 11.8 Å². The molecule has 0 radical (unpaired) electrons. The van der Waals surface area contributed by atoms with Crippen molar-refractivity contribution in [2.24, 2.45) is 0 Å². The molecule has 0 aliphatic carbocycles. The molecule has 1 aliphatic rings. The standard InChI is InChI=1S/C16H24N2O2S/c1-18(14-8-10-21-12-14)11-16(20)17-15(7-9-19)13-5-3-2-4-6-13/h2-6,14-15,19H,7-12H2,1H3,(H,17,20). The maximum absolute atomic E-state index is 12.2. The molecule has 5 heteroatoms. The van der Waals surface area contributed by atoms with E-state index in [1.54, 1.807) is 0 Å². The number of carbonyl (C=O) groups excluding carboxylic acids is 1. The van der Waals surface area contributed by atoms with Gasteiger partial charge in [-0.05, 0) is 31.2 Å². The second-order valence-corrected chi connectivity index (χ2v) is 6.63. The minimum atomic E-state index is -0.116. The van der Waals surface area contributed by atoms with E-state index in [0.29, 0.717) is 19.0 Å². The fourth-order valence-corrected chi connectivity index (χ4v) is 3.90. The first kappa shape index (κ1) is 16.3. The lowest BCUT2D eigenvalue weighted by Crippen LogP contribution is -2.42. The van der Waals surface area contributed by atoms with Crippen molar-refractivity contribution >= 4 is 17.7 Å². The molecule has 2 unspecified atom stereocenters. The third-order valence-electron chi connectivity index (χ3n) is 3.88. The van der Waals surface area contributed by atoms with Crippen LogP contribution in [0.1, 0.15) is 24.4 Å². The number of amides is 1. The van der Waals surface area contributed by atoms with Gasteiger partial charge in [0.2, 0.25) is 5.91 Å². The molecule has 1 saturated heterocycles. The van der Waals surface area contributed by atoms with E-state index >= 15 is 0 Å². The molecule has 1 aliphatic heterocycles. The van der Waals surface area contributed by atoms with Gasteiger partial charge in [0.1, 0.15) is 0 Å². The zero-order chi connectivity index (χ0) is 15.1. The molecule has 2 N–H and O–H groups in total. The van der Waals surface area contributed by atoms with Gasteiger partial charge in [0.15, 0.2) is 0 Å². The van der Waals surface area contributed by atoms with Crippen LogP contribution in [0, 0.1) is 0 Å². The Labute approximate surface area is 130 Å². The summed E-state index contributed by atoms with van der Waals surface area (Å²) < 4.78 is 0. The summed E-state index contributed by atoms with van der Waals surface area (Å²) in [5, 5.41) is 12.2. The van der Waals surface area contributed by atoms with Crippen molar-refractivity contribution in [3.05, 3.63) is 35.9 Å². The molecule has 2 atom stereocenters. The Bertz CT molecular complexity index is 435. The van der Waals surface area contributed by atoms with Crippen LogP contribution in [0.25, 0.3) is 0 Å². The molecule has 116 valence electrons. The van der Waals surface area contributed by atoms with Gasteiger partial charge in [-0.3, -0.25) is 9.69 Å². The van der Waals surface area contributed by atoms with Crippen LogP contribution < -0.4 is 5.32 Å². The number of aliphatic hydroxyl groups excluding tert-OH is 1. The molecule has 21 heavy (non-hydrogen) atoms. The lowest BCUT2D eigenvalue weighted by Gasteiger charge is -2.25. The molecular formula is C16H24N2O2S. The Hall–Kier alpha value is -1.04. The molecule has 0 bridgehead atoms. The van der Waals surface area contributed by atoms with E-state index in [4.69, 9.17) is 0 Å². The summed E-state index contributed by atoms with van der Waals surface area (Å²) in [6.07, 6.45) is 1.70. The van der Waals surface area contributed by atoms with Gasteiger partial charge in [-0.15, -0.1) is 0 Å². The molecule has 0 spiro atoms. The quantitative estimate of drug-likeness (QED) is 0.804. The maximum Gasteiger partial charge on any atom is 0.234 e. The van der Waals surface area contributed by atoms with E-state index in [-0.39, 0.29) is 18.6 Å². The maximum atomic E-state index is 12.2. The SMILES string of the molecule is CN(CC(=O)NC(CCO)c1ccccc1)C1CCSC1. The highest BCUT2D eigenvalue weighted by Crippen LogP contribution is 2.21. The molecule has 1 heterocycles. The molecule has 1 aromatic carbocycles. The van der Waals surface area contributed by atoms with Crippen LogP contribution in [-0.2, 0) is 4.79 Å². The molecule has 1 aromatic rings. The van der Waals surface area contributed by atoms with Gasteiger partial charge in [0, 0.05) is 18.4 Å². The largest absolute Gasteiger partial charge is 0.396 e. The van der Waals surface area contributed by atoms with E-state index < -0.39 is 0 Å². The summed E-state index contributed by atoms with van der Waals surface area (Å²) in [7, 11) is 2.01. The second-order valence-electron chi connectivity index (χ2n) is 5.48. The number of benzene rings is 1. The topological polar surface area (TPSA) is 52.6 Å². The van der Waals surface area contributed by atoms with Crippen LogP contribution in [0.4, 0.5) is 0 Å². The van der Waals surface area contributed by atoms with Crippen LogP contribution in [0.3, 0.4) is 0 Å². The van der Waals surface area contributed by atoms with Crippen LogP contribution in [0.15, 0.2) is 30.3 Å². The Kier molecular flexibility index (Phi) is 6.54. The van der Waals surface area contributed by atoms with Gasteiger partial charge in [-0.1, -0.05) is 30.3 Å². The first-order valence-corrected chi connectivity index (χ1v) is 8.59. The predicted octanol–water partition coefficient (Wildman–Crippen LogP) is 1.66. The summed E-state index contributed by atoms with van der Waals surface area (Å²) in [4.78, 5) is 14.4. The van der Waals surface area contributed by atoms with Crippen molar-refractivity contribution in [1.82, 2.24) is 10.2 Å². The van der Waals surface area contributed by atoms with Gasteiger partial charge in [0.25, 0.3) is 0 Å². The number of nitrogens with zero attached hydrogens (tertiary/aromatic N) is 1. The first-order chi connectivity index (χ1) is 10.2. The van der Waals surface area contributed by atoms with E-state index in [1.165, 1.54) is 5.75 Å². The lowest BCUT2D eigenvalue weighted by molar-refractivity contribution is -0.123. The molecule has 1 amide bonds. The van der Waals surface area contributed by atoms with Crippen LogP contribution in [0.5, 0.6) is 0 Å². The molecule has 4 nitrogen and oxygen atoms in total. The number of aliphatic hydroxyl groups is 1. The number of hydrogen-bond donors (Lipinski definition) is 2. The van der Waals surface area contributed by atoms with Crippen LogP contribution in [-0.4, -0.2) is 53.7 Å². The predicted molar refractivity (Wildman–Crippen MR) is 87.4 cm³/mol. The fourth-order valence-electron chi connectivity index (χ4n) is 2.60. The number of likely N-dealkylation sites (N-methyl/N-ethyl adjacent to an activating group) is 1. The third-order valence-corrected chi connectivity index (χ3v) is 5.02. The van der Waals surface area contributed by atoms with Gasteiger partial charge in [-0.25, -0.2) is 0 Å². The average Bonchev–Trinajstić information content (AvgIpc) is 3.02. The van der Waals surface area contributed by atoms with Gasteiger partial charge >= 0.3 is 0 Å². The Morgan fingerprint density at radius 2 is 2.24 bits per heavy atom. The highest BCUT2D eigenvalue weighted by atomic mass is 32.2. The molecule has 1 fully saturated rings. The van der Waals surface area contributed by atoms with E-state index in [9.17, 15) is 9.90 Å². The first-order valence-electron chi connectivity index (χ1n) is 7.44. The summed E-state index contributed by atoms with van der Waals surface area (Å²) in [5.74, 6) is 2.33. The van der Waals surface area contributed by atoms with Crippen molar-refractivity contribution in [2.75, 3.05) is 31.7 Å². The van der Waals surface area contributed by atoms with Gasteiger partial charge in [0.05, 0.1) is 12.6 Å². The molecule has 0 aromatic heterocycles. The van der Waals surface area contributed by atoms with Gasteiger partial charge < -0.3 is 10.4 Å². The molecule has 2 rings (SSSR count). The zero-order valence-corrected chi connectivity index (χ0v) is 13.3. The highest BCUT2D eigenvalue weighted by Gasteiger charge is 2.22. The van der Waals surface area contributed by atoms with Crippen LogP contribution >= 0.6 is 11.8 Å². The lowest BCUT2D eigenvalue weighted by atomic mass is 10.0. The molecule has 0 saturated carbocycles. The highest BCUT2D eigenvalue weighted by molar-refractivity contribution is 7.99. The fraction of sp³-hybridized carbons (Fsp3) is 0.562. The van der Waals surface area contributed by atoms with E-state index in [0.717, 1.165) is 17.7 Å². The summed E-state index contributed by atoms with van der Waals surface area (Å²) in [6.45, 7) is 0.481. The minimum absolute atomic E-state index is 0.0247. The second kappa shape index (κ2) is 8.41. The minimum Gasteiger partial charge on any atom is -0.396 e. The summed E-state index contributed by atoms with van der Waals surface area (Å²) in [6, 6.07) is 10.2. The molecular weight excluding hydrogens is 284 g/mol. The van der Waals surface area contributed by atoms with Crippen molar-refractivity contribution in [1.29, 1.82) is 0 Å². The monoisotopic (exact) mass is 308 g/mol. The van der Waals surface area contributed by atoms with Crippen molar-refractivity contribution in [2.45, 2.75) is 24.9 Å². The number of carbonyl (C=O) groups is 1. The Morgan fingerprint density at radius 1 is 1.48 bits per heavy atom. The summed E-state index contributed by atoms with van der Waals surface area (Å²) in [5.41, 5.74) is 1.04. The third kappa shape index (κ3) is 5.02. The van der Waals surface area contributed by atoms with E-state index in [2.05, 4.69) is 10.2 Å². The number of thioether (sulfide) groups is 1. The van der Waals surface area contributed by atoms with Crippen molar-refractivity contribution < 1.29 is 9.90 Å². The number of rotatable bonds is 7. The Morgan fingerprint density at radius 3 is 2.86 bits per heavy atom. The number of nitrogens with one attached hydrogen (secondary N) is 1. The Balaban J connectivity index is 1.89. The average molecular weight is 308 g/mol. The zero-order valence-electron chi connectivity index (χ0n) is 12.5. The van der Waals surface area contributed by atoms with Crippen molar-refractivity contribution in [3.8, 4) is 0 Å². The van der Waals surface area contributed by atoms with E-state index in [1.807, 2.05) is 49.1 Å². The normalized spacial score (nSPS) is 19.7. The van der Waals surface area contributed by atoms with Crippen LogP contribution in [0.2, 0.25) is 0 Å². The smallest absolute Gasteiger partial charge is 0.234 e. The van der Waals surface area contributed by atoms with Crippen molar-refractivity contribution in [3.63, 3.8) is 0 Å². The summed E-state index contributed by atoms with van der Waals surface area (Å²) >= 11 is 1.95. The number of hydrogen-bond acceptors (Lipinski definition) is 4.